The lowest BCUT2D eigenvalue weighted by atomic mass is 9.82. The predicted octanol–water partition coefficient (Wildman–Crippen LogP) is 5.22. The number of carbonyl (C=O) groups is 3. The van der Waals surface area contributed by atoms with Crippen LogP contribution in [0.3, 0.4) is 0 Å². The fourth-order valence-corrected chi connectivity index (χ4v) is 5.84. The topological polar surface area (TPSA) is 98.9 Å². The number of rotatable bonds is 6. The van der Waals surface area contributed by atoms with Gasteiger partial charge in [-0.3, -0.25) is 9.69 Å². The Hall–Kier alpha value is -3.20. The maximum absolute atomic E-state index is 13.5. The summed E-state index contributed by atoms with van der Waals surface area (Å²) in [6.45, 7) is 3.45. The fraction of sp³-hybridized carbons (Fsp3) is 0.192. The second kappa shape index (κ2) is 10.8. The standard InChI is InChI=1S/C26H22Cl2N2O5S/c1-3-34-25(32)21-20(15-10-6-8-12-17(15)28)22(26(33)35-4-2)24-30(23(21)29)19(31)13-18(36-24)14-9-5-7-11-16(14)27/h5-13,20H,3-4,29H2,1-2H3. The first-order valence-electron chi connectivity index (χ1n) is 11.1. The molecule has 0 fully saturated rings. The summed E-state index contributed by atoms with van der Waals surface area (Å²) in [4.78, 5) is 41.7. The molecular weight excluding hydrogens is 523 g/mol. The normalized spacial score (nSPS) is 17.6. The van der Waals surface area contributed by atoms with Gasteiger partial charge in [-0.05, 0) is 31.5 Å². The Bertz CT molecular complexity index is 1350. The molecule has 2 N–H and O–H groups in total. The summed E-state index contributed by atoms with van der Waals surface area (Å²) in [6, 6.07) is 13.8. The number of nitrogens with two attached hydrogens (primary N) is 1. The number of benzene rings is 2. The number of ether oxygens (including phenoxy) is 2. The molecule has 0 aromatic heterocycles. The van der Waals surface area contributed by atoms with Crippen LogP contribution in [0, 0.1) is 0 Å². The van der Waals surface area contributed by atoms with Crippen LogP contribution in [0.25, 0.3) is 4.91 Å². The molecule has 0 aliphatic carbocycles. The third-order valence-electron chi connectivity index (χ3n) is 5.56. The van der Waals surface area contributed by atoms with Gasteiger partial charge in [-0.2, -0.15) is 0 Å². The highest BCUT2D eigenvalue weighted by Crippen LogP contribution is 2.52. The van der Waals surface area contributed by atoms with E-state index in [1.165, 1.54) is 6.08 Å². The van der Waals surface area contributed by atoms with Gasteiger partial charge in [0.25, 0.3) is 5.91 Å². The smallest absolute Gasteiger partial charge is 0.338 e. The highest BCUT2D eigenvalue weighted by atomic mass is 35.5. The molecule has 2 aromatic carbocycles. The van der Waals surface area contributed by atoms with E-state index in [-0.39, 0.29) is 35.2 Å². The molecule has 0 bridgehead atoms. The van der Waals surface area contributed by atoms with Crippen LogP contribution in [-0.2, 0) is 23.9 Å². The summed E-state index contributed by atoms with van der Waals surface area (Å²) in [7, 11) is 0. The first kappa shape index (κ1) is 25.9. The van der Waals surface area contributed by atoms with E-state index >= 15 is 0 Å². The molecule has 0 saturated carbocycles. The molecule has 0 saturated heterocycles. The Morgan fingerprint density at radius 3 is 2.14 bits per heavy atom. The number of fused-ring (bicyclic) bond motifs is 1. The van der Waals surface area contributed by atoms with Crippen molar-refractivity contribution in [3.8, 4) is 0 Å². The van der Waals surface area contributed by atoms with Gasteiger partial charge in [-0.1, -0.05) is 71.4 Å². The Morgan fingerprint density at radius 2 is 1.53 bits per heavy atom. The van der Waals surface area contributed by atoms with Crippen molar-refractivity contribution in [2.24, 2.45) is 5.73 Å². The Kier molecular flexibility index (Phi) is 7.78. The average Bonchev–Trinajstić information content (AvgIpc) is 2.84. The summed E-state index contributed by atoms with van der Waals surface area (Å²) in [5, 5.41) is 0.957. The molecule has 2 aromatic rings. The van der Waals surface area contributed by atoms with E-state index in [1.54, 1.807) is 62.4 Å². The molecular formula is C26H22Cl2N2O5S. The molecule has 2 aliphatic heterocycles. The van der Waals surface area contributed by atoms with Gasteiger partial charge >= 0.3 is 11.9 Å². The molecule has 4 rings (SSSR count). The molecule has 1 atom stereocenters. The first-order valence-corrected chi connectivity index (χ1v) is 12.7. The lowest BCUT2D eigenvalue weighted by Crippen LogP contribution is -2.42. The largest absolute Gasteiger partial charge is 0.463 e. The lowest BCUT2D eigenvalue weighted by molar-refractivity contribution is -0.139. The lowest BCUT2D eigenvalue weighted by Gasteiger charge is -2.38. The average molecular weight is 545 g/mol. The quantitative estimate of drug-likeness (QED) is 0.498. The van der Waals surface area contributed by atoms with Crippen molar-refractivity contribution >= 4 is 57.7 Å². The fourth-order valence-electron chi connectivity index (χ4n) is 4.05. The molecule has 0 radical (unpaired) electrons. The van der Waals surface area contributed by atoms with Crippen molar-refractivity contribution < 1.29 is 23.9 Å². The molecule has 1 unspecified atom stereocenters. The Morgan fingerprint density at radius 1 is 0.944 bits per heavy atom. The van der Waals surface area contributed by atoms with Crippen molar-refractivity contribution in [1.82, 2.24) is 4.90 Å². The molecule has 2 heterocycles. The van der Waals surface area contributed by atoms with Crippen LogP contribution in [0.1, 0.15) is 30.9 Å². The number of hydrogen-bond acceptors (Lipinski definition) is 7. The van der Waals surface area contributed by atoms with Crippen molar-refractivity contribution in [1.29, 1.82) is 0 Å². The number of halogens is 2. The Labute approximate surface area is 222 Å². The molecule has 186 valence electrons. The van der Waals surface area contributed by atoms with Crippen molar-refractivity contribution in [2.45, 2.75) is 19.8 Å². The van der Waals surface area contributed by atoms with Crippen LogP contribution >= 0.6 is 35.0 Å². The highest BCUT2D eigenvalue weighted by molar-refractivity contribution is 8.11. The van der Waals surface area contributed by atoms with E-state index in [9.17, 15) is 14.4 Å². The second-order valence-corrected chi connectivity index (χ2v) is 9.52. The van der Waals surface area contributed by atoms with Gasteiger partial charge < -0.3 is 15.2 Å². The molecule has 0 spiro atoms. The van der Waals surface area contributed by atoms with Crippen LogP contribution in [-0.4, -0.2) is 36.0 Å². The zero-order chi connectivity index (χ0) is 26.0. The van der Waals surface area contributed by atoms with Crippen molar-refractivity contribution in [2.75, 3.05) is 13.2 Å². The molecule has 2 aliphatic rings. The van der Waals surface area contributed by atoms with E-state index in [0.29, 0.717) is 26.1 Å². The van der Waals surface area contributed by atoms with Crippen LogP contribution < -0.4 is 5.73 Å². The predicted molar refractivity (Wildman–Crippen MR) is 140 cm³/mol. The molecule has 36 heavy (non-hydrogen) atoms. The van der Waals surface area contributed by atoms with Gasteiger partial charge in [0.05, 0.1) is 30.3 Å². The van der Waals surface area contributed by atoms with Crippen LogP contribution in [0.2, 0.25) is 10.0 Å². The molecule has 7 nitrogen and oxygen atoms in total. The van der Waals surface area contributed by atoms with E-state index in [0.717, 1.165) is 16.7 Å². The van der Waals surface area contributed by atoms with Gasteiger partial charge in [0, 0.05) is 26.6 Å². The minimum absolute atomic E-state index is 0.0539. The van der Waals surface area contributed by atoms with Gasteiger partial charge in [0.15, 0.2) is 0 Å². The van der Waals surface area contributed by atoms with Crippen LogP contribution in [0.4, 0.5) is 0 Å². The van der Waals surface area contributed by atoms with E-state index < -0.39 is 23.8 Å². The summed E-state index contributed by atoms with van der Waals surface area (Å²) in [5.74, 6) is -3.20. The van der Waals surface area contributed by atoms with E-state index in [2.05, 4.69) is 0 Å². The maximum Gasteiger partial charge on any atom is 0.338 e. The summed E-state index contributed by atoms with van der Waals surface area (Å²) in [5.41, 5.74) is 7.51. The minimum atomic E-state index is -1.03. The van der Waals surface area contributed by atoms with Gasteiger partial charge in [0.1, 0.15) is 10.9 Å². The van der Waals surface area contributed by atoms with Crippen LogP contribution in [0.15, 0.2) is 76.6 Å². The number of amides is 1. The second-order valence-electron chi connectivity index (χ2n) is 7.68. The van der Waals surface area contributed by atoms with Gasteiger partial charge in [-0.25, -0.2) is 9.59 Å². The number of thioether (sulfide) groups is 1. The van der Waals surface area contributed by atoms with E-state index in [1.807, 2.05) is 0 Å². The van der Waals surface area contributed by atoms with Crippen molar-refractivity contribution in [3.63, 3.8) is 0 Å². The Balaban J connectivity index is 2.02. The zero-order valence-corrected chi connectivity index (χ0v) is 21.7. The van der Waals surface area contributed by atoms with E-state index in [4.69, 9.17) is 38.4 Å². The number of hydrogen-bond donors (Lipinski definition) is 1. The maximum atomic E-state index is 13.5. The van der Waals surface area contributed by atoms with Crippen molar-refractivity contribution in [3.05, 3.63) is 97.8 Å². The number of carbonyl (C=O) groups excluding carboxylic acids is 3. The van der Waals surface area contributed by atoms with Crippen LogP contribution in [0.5, 0.6) is 0 Å². The summed E-state index contributed by atoms with van der Waals surface area (Å²) < 4.78 is 10.7. The third-order valence-corrected chi connectivity index (χ3v) is 7.38. The van der Waals surface area contributed by atoms with Gasteiger partial charge in [-0.15, -0.1) is 0 Å². The number of nitrogens with zero attached hydrogens (tertiary/aromatic N) is 1. The summed E-state index contributed by atoms with van der Waals surface area (Å²) in [6.07, 6.45) is 1.36. The third kappa shape index (κ3) is 4.64. The summed E-state index contributed by atoms with van der Waals surface area (Å²) >= 11 is 14.1. The first-order chi connectivity index (χ1) is 17.3. The van der Waals surface area contributed by atoms with Gasteiger partial charge in [0.2, 0.25) is 0 Å². The molecule has 10 heteroatoms. The highest BCUT2D eigenvalue weighted by Gasteiger charge is 2.46. The monoisotopic (exact) mass is 544 g/mol. The number of esters is 2. The minimum Gasteiger partial charge on any atom is -0.463 e. The zero-order valence-electron chi connectivity index (χ0n) is 19.4. The molecule has 1 amide bonds. The SMILES string of the molecule is CCOC(=O)C1=C(N)N2C(=O)C=C(c3ccccc3Cl)SC2=C(C(=O)OCC)C1c1ccccc1Cl.